The van der Waals surface area contributed by atoms with Crippen LogP contribution in [0.15, 0.2) is 83.0 Å². The smallest absolute Gasteiger partial charge is 0.326 e. The number of ether oxygens (including phenoxy) is 1. The zero-order chi connectivity index (χ0) is 25.9. The number of halogens is 1. The number of nitrogens with zero attached hydrogens (tertiary/aromatic N) is 3. The first kappa shape index (κ1) is 24.2. The van der Waals surface area contributed by atoms with Crippen molar-refractivity contribution < 1.29 is 18.4 Å². The summed E-state index contributed by atoms with van der Waals surface area (Å²) in [5.41, 5.74) is 4.65. The van der Waals surface area contributed by atoms with Crippen LogP contribution in [-0.4, -0.2) is 22.8 Å². The molecule has 1 atom stereocenters. The molecule has 1 N–H and O–H groups in total. The summed E-state index contributed by atoms with van der Waals surface area (Å²) in [6.45, 7) is 6.40. The first-order valence-electron chi connectivity index (χ1n) is 12.2. The summed E-state index contributed by atoms with van der Waals surface area (Å²) in [5.74, 6) is 1.09. The fourth-order valence-corrected chi connectivity index (χ4v) is 4.43. The Hall–Kier alpha value is -4.46. The van der Waals surface area contributed by atoms with Gasteiger partial charge < -0.3 is 14.6 Å². The van der Waals surface area contributed by atoms with Gasteiger partial charge in [0.15, 0.2) is 0 Å². The van der Waals surface area contributed by atoms with Crippen LogP contribution >= 0.6 is 0 Å². The number of benzene rings is 3. The van der Waals surface area contributed by atoms with Crippen LogP contribution in [0.2, 0.25) is 0 Å². The van der Waals surface area contributed by atoms with E-state index in [4.69, 9.17) is 14.2 Å². The van der Waals surface area contributed by atoms with Crippen molar-refractivity contribution in [3.05, 3.63) is 101 Å². The normalized spacial score (nSPS) is 15.6. The minimum atomic E-state index is -0.546. The molecule has 0 saturated carbocycles. The summed E-state index contributed by atoms with van der Waals surface area (Å²) in [7, 11) is 0. The van der Waals surface area contributed by atoms with E-state index in [-0.39, 0.29) is 17.7 Å². The molecule has 3 aromatic carbocycles. The second kappa shape index (κ2) is 10.3. The van der Waals surface area contributed by atoms with Gasteiger partial charge in [-0.3, -0.25) is 4.90 Å². The average Bonchev–Trinajstić information content (AvgIpc) is 3.40. The number of rotatable bonds is 7. The van der Waals surface area contributed by atoms with E-state index < -0.39 is 6.04 Å². The van der Waals surface area contributed by atoms with Gasteiger partial charge in [-0.25, -0.2) is 9.18 Å². The summed E-state index contributed by atoms with van der Waals surface area (Å²) in [4.78, 5) is 19.5. The van der Waals surface area contributed by atoms with E-state index >= 15 is 0 Å². The highest BCUT2D eigenvalue weighted by Crippen LogP contribution is 2.39. The Labute approximate surface area is 214 Å². The summed E-state index contributed by atoms with van der Waals surface area (Å²) in [5, 5.41) is 7.28. The van der Waals surface area contributed by atoms with Crippen LogP contribution in [0, 0.1) is 5.82 Å². The third-order valence-electron chi connectivity index (χ3n) is 6.37. The lowest BCUT2D eigenvalue weighted by atomic mass is 9.94. The van der Waals surface area contributed by atoms with Crippen molar-refractivity contribution >= 4 is 17.3 Å². The maximum absolute atomic E-state index is 13.6. The maximum atomic E-state index is 13.6. The Kier molecular flexibility index (Phi) is 6.72. The molecule has 0 fully saturated rings. The number of hydrogen-bond donors (Lipinski definition) is 1. The van der Waals surface area contributed by atoms with Gasteiger partial charge in [0.05, 0.1) is 23.9 Å². The number of urea groups is 1. The van der Waals surface area contributed by atoms with Crippen LogP contribution in [0.25, 0.3) is 17.0 Å². The quantitative estimate of drug-likeness (QED) is 0.313. The number of aromatic nitrogens is 2. The van der Waals surface area contributed by atoms with Crippen LogP contribution in [0.4, 0.5) is 14.9 Å². The Bertz CT molecular complexity index is 1430. The Balaban J connectivity index is 1.60. The largest absolute Gasteiger partial charge is 0.494 e. The number of carbonyl (C=O) groups is 1. The fourth-order valence-electron chi connectivity index (χ4n) is 4.43. The molecule has 0 radical (unpaired) electrons. The third kappa shape index (κ3) is 4.82. The van der Waals surface area contributed by atoms with Crippen molar-refractivity contribution in [2.24, 2.45) is 0 Å². The molecule has 1 aromatic heterocycles. The second-order valence-corrected chi connectivity index (χ2v) is 8.67. The van der Waals surface area contributed by atoms with Gasteiger partial charge in [0, 0.05) is 11.3 Å². The molecule has 2 heterocycles. The summed E-state index contributed by atoms with van der Waals surface area (Å²) < 4.78 is 24.9. The average molecular weight is 499 g/mol. The zero-order valence-corrected chi connectivity index (χ0v) is 20.9. The third-order valence-corrected chi connectivity index (χ3v) is 6.37. The summed E-state index contributed by atoms with van der Waals surface area (Å²) >= 11 is 0. The van der Waals surface area contributed by atoms with Gasteiger partial charge in [0.1, 0.15) is 11.6 Å². The van der Waals surface area contributed by atoms with E-state index in [0.717, 1.165) is 23.3 Å². The Morgan fingerprint density at radius 2 is 1.70 bits per heavy atom. The fraction of sp³-hybridized carbons (Fsp3) is 0.207. The molecule has 1 aliphatic rings. The SMILES string of the molecule is CCOc1ccc(C2NC(=O)N(c3ccc(F)cc3)C(C)=C2c2nc(-c3ccc(CC)cc3)no2)cc1. The highest BCUT2D eigenvalue weighted by Gasteiger charge is 2.36. The molecule has 4 aromatic rings. The number of aryl methyl sites for hydroxylation is 1. The number of hydrogen-bond acceptors (Lipinski definition) is 5. The molecule has 0 aliphatic carbocycles. The monoisotopic (exact) mass is 498 g/mol. The van der Waals surface area contributed by atoms with E-state index in [2.05, 4.69) is 17.4 Å². The van der Waals surface area contributed by atoms with Crippen molar-refractivity contribution in [1.29, 1.82) is 0 Å². The van der Waals surface area contributed by atoms with Crippen LogP contribution in [0.1, 0.15) is 43.8 Å². The van der Waals surface area contributed by atoms with E-state index in [1.54, 1.807) is 12.1 Å². The predicted molar refractivity (Wildman–Crippen MR) is 139 cm³/mol. The Morgan fingerprint density at radius 1 is 1.00 bits per heavy atom. The first-order chi connectivity index (χ1) is 18.0. The van der Waals surface area contributed by atoms with Crippen molar-refractivity contribution in [2.45, 2.75) is 33.2 Å². The van der Waals surface area contributed by atoms with E-state index in [1.165, 1.54) is 22.6 Å². The zero-order valence-electron chi connectivity index (χ0n) is 20.9. The number of carbonyl (C=O) groups excluding carboxylic acids is 1. The van der Waals surface area contributed by atoms with Gasteiger partial charge in [-0.05, 0) is 67.8 Å². The predicted octanol–water partition coefficient (Wildman–Crippen LogP) is 6.54. The molecule has 1 aliphatic heterocycles. The van der Waals surface area contributed by atoms with Gasteiger partial charge >= 0.3 is 6.03 Å². The maximum Gasteiger partial charge on any atom is 0.326 e. The van der Waals surface area contributed by atoms with Crippen molar-refractivity contribution in [2.75, 3.05) is 11.5 Å². The van der Waals surface area contributed by atoms with E-state index in [9.17, 15) is 9.18 Å². The molecule has 8 heteroatoms. The molecular weight excluding hydrogens is 471 g/mol. The number of nitrogens with one attached hydrogen (secondary N) is 1. The van der Waals surface area contributed by atoms with Crippen molar-refractivity contribution in [3.63, 3.8) is 0 Å². The van der Waals surface area contributed by atoms with Crippen LogP contribution in [0.5, 0.6) is 5.75 Å². The molecule has 7 nitrogen and oxygen atoms in total. The number of anilines is 1. The molecule has 0 bridgehead atoms. The highest BCUT2D eigenvalue weighted by atomic mass is 19.1. The highest BCUT2D eigenvalue weighted by molar-refractivity contribution is 6.01. The lowest BCUT2D eigenvalue weighted by Gasteiger charge is -2.35. The topological polar surface area (TPSA) is 80.5 Å². The molecular formula is C29H27FN4O3. The van der Waals surface area contributed by atoms with Gasteiger partial charge in [-0.2, -0.15) is 4.98 Å². The molecule has 188 valence electrons. The number of amides is 2. The minimum Gasteiger partial charge on any atom is -0.494 e. The van der Waals surface area contributed by atoms with Gasteiger partial charge in [-0.15, -0.1) is 0 Å². The van der Waals surface area contributed by atoms with Crippen molar-refractivity contribution in [3.8, 4) is 17.1 Å². The minimum absolute atomic E-state index is 0.290. The van der Waals surface area contributed by atoms with Crippen LogP contribution in [0.3, 0.4) is 0 Å². The molecule has 37 heavy (non-hydrogen) atoms. The molecule has 2 amide bonds. The lowest BCUT2D eigenvalue weighted by molar-refractivity contribution is 0.244. The molecule has 0 spiro atoms. The van der Waals surface area contributed by atoms with Gasteiger partial charge in [0.25, 0.3) is 5.89 Å². The standard InChI is InChI=1S/C29H27FN4O3/c1-4-19-6-8-21(9-7-19)27-32-28(37-33-27)25-18(3)34(23-14-12-22(30)13-15-23)29(35)31-26(25)20-10-16-24(17-11-20)36-5-2/h6-17,26H,4-5H2,1-3H3,(H,31,35). The van der Waals surface area contributed by atoms with Crippen LogP contribution < -0.4 is 15.0 Å². The first-order valence-corrected chi connectivity index (χ1v) is 12.2. The lowest BCUT2D eigenvalue weighted by Crippen LogP contribution is -2.46. The molecule has 5 rings (SSSR count). The van der Waals surface area contributed by atoms with Gasteiger partial charge in [0.2, 0.25) is 5.82 Å². The molecule has 1 unspecified atom stereocenters. The van der Waals surface area contributed by atoms with Crippen molar-refractivity contribution in [1.82, 2.24) is 15.5 Å². The number of allylic oxidation sites excluding steroid dienone is 1. The van der Waals surface area contributed by atoms with Crippen LogP contribution in [-0.2, 0) is 6.42 Å². The summed E-state index contributed by atoms with van der Waals surface area (Å²) in [6.07, 6.45) is 0.937. The van der Waals surface area contributed by atoms with E-state index in [1.807, 2.05) is 62.4 Å². The second-order valence-electron chi connectivity index (χ2n) is 8.67. The van der Waals surface area contributed by atoms with Gasteiger partial charge in [-0.1, -0.05) is 48.5 Å². The summed E-state index contributed by atoms with van der Waals surface area (Å²) in [6, 6.07) is 20.4. The Morgan fingerprint density at radius 3 is 2.35 bits per heavy atom. The van der Waals surface area contributed by atoms with E-state index in [0.29, 0.717) is 29.4 Å². The molecule has 0 saturated heterocycles.